The van der Waals surface area contributed by atoms with Gasteiger partial charge in [0.25, 0.3) is 0 Å². The molecule has 3 nitrogen and oxygen atoms in total. The first-order chi connectivity index (χ1) is 8.36. The van der Waals surface area contributed by atoms with Crippen LogP contribution < -0.4 is 5.73 Å². The largest absolute Gasteiger partial charge is 0.459 e. The Morgan fingerprint density at radius 1 is 1.28 bits per heavy atom. The lowest BCUT2D eigenvalue weighted by Crippen LogP contribution is -2.25. The summed E-state index contributed by atoms with van der Waals surface area (Å²) in [6.07, 6.45) is -2.20. The maximum absolute atomic E-state index is 12.5. The smallest absolute Gasteiger partial charge is 0.416 e. The predicted octanol–water partition coefficient (Wildman–Crippen LogP) is 3.00. The van der Waals surface area contributed by atoms with Gasteiger partial charge in [0, 0.05) is 5.69 Å². The average molecular weight is 259 g/mol. The lowest BCUT2D eigenvalue weighted by Gasteiger charge is -2.25. The quantitative estimate of drug-likeness (QED) is 0.656. The molecular weight excluding hydrogens is 247 g/mol. The Labute approximate surface area is 102 Å². The van der Waals surface area contributed by atoms with Crippen LogP contribution >= 0.6 is 0 Å². The van der Waals surface area contributed by atoms with Crippen molar-refractivity contribution >= 4 is 11.7 Å². The summed E-state index contributed by atoms with van der Waals surface area (Å²) >= 11 is 0. The summed E-state index contributed by atoms with van der Waals surface area (Å²) in [7, 11) is 0. The van der Waals surface area contributed by atoms with Gasteiger partial charge < -0.3 is 10.5 Å². The average Bonchev–Trinajstić information content (AvgIpc) is 2.21. The summed E-state index contributed by atoms with van der Waals surface area (Å²) in [5, 5.41) is 0. The number of nitrogen functional groups attached to an aromatic ring is 1. The lowest BCUT2D eigenvalue weighted by atomic mass is 9.96. The minimum atomic E-state index is -4.53. The van der Waals surface area contributed by atoms with Crippen LogP contribution in [0, 0.1) is 0 Å². The number of rotatable bonds is 2. The Morgan fingerprint density at radius 2 is 1.94 bits per heavy atom. The number of ether oxygens (including phenoxy) is 1. The van der Waals surface area contributed by atoms with Gasteiger partial charge in [-0.2, -0.15) is 13.2 Å². The van der Waals surface area contributed by atoms with Crippen molar-refractivity contribution in [2.24, 2.45) is 0 Å². The third-order valence-corrected chi connectivity index (χ3v) is 2.84. The number of anilines is 1. The van der Waals surface area contributed by atoms with E-state index in [0.717, 1.165) is 31.4 Å². The maximum Gasteiger partial charge on any atom is 0.416 e. The fraction of sp³-hybridized carbons (Fsp3) is 0.417. The van der Waals surface area contributed by atoms with Gasteiger partial charge in [0.1, 0.15) is 6.10 Å². The molecule has 0 unspecified atom stereocenters. The second-order valence-corrected chi connectivity index (χ2v) is 4.30. The second kappa shape index (κ2) is 4.51. The Hall–Kier alpha value is -1.72. The van der Waals surface area contributed by atoms with E-state index in [0.29, 0.717) is 0 Å². The summed E-state index contributed by atoms with van der Waals surface area (Å²) in [6, 6.07) is 2.74. The van der Waals surface area contributed by atoms with Gasteiger partial charge in [-0.25, -0.2) is 4.79 Å². The Kier molecular flexibility index (Phi) is 3.19. The molecule has 0 spiro atoms. The van der Waals surface area contributed by atoms with Crippen LogP contribution in [0.2, 0.25) is 0 Å². The Balaban J connectivity index is 2.21. The van der Waals surface area contributed by atoms with E-state index in [1.165, 1.54) is 6.07 Å². The number of carbonyl (C=O) groups is 1. The van der Waals surface area contributed by atoms with Crippen LogP contribution in [0.25, 0.3) is 0 Å². The zero-order chi connectivity index (χ0) is 13.3. The maximum atomic E-state index is 12.5. The van der Waals surface area contributed by atoms with Crippen LogP contribution in [0.15, 0.2) is 18.2 Å². The zero-order valence-electron chi connectivity index (χ0n) is 9.46. The Bertz CT molecular complexity index is 467. The van der Waals surface area contributed by atoms with Crippen molar-refractivity contribution in [2.45, 2.75) is 31.5 Å². The molecule has 0 bridgehead atoms. The SMILES string of the molecule is Nc1cc(C(=O)OC2CCC2)cc(C(F)(F)F)c1. The first-order valence-corrected chi connectivity index (χ1v) is 5.55. The molecule has 0 aliphatic heterocycles. The first kappa shape index (κ1) is 12.7. The highest BCUT2D eigenvalue weighted by molar-refractivity contribution is 5.91. The fourth-order valence-corrected chi connectivity index (χ4v) is 1.64. The number of hydrogen-bond donors (Lipinski definition) is 1. The van der Waals surface area contributed by atoms with Crippen LogP contribution in [-0.2, 0) is 10.9 Å². The molecule has 6 heteroatoms. The van der Waals surface area contributed by atoms with Crippen molar-refractivity contribution in [2.75, 3.05) is 5.73 Å². The molecule has 1 aromatic carbocycles. The van der Waals surface area contributed by atoms with Crippen LogP contribution in [0.4, 0.5) is 18.9 Å². The minimum Gasteiger partial charge on any atom is -0.459 e. The predicted molar refractivity (Wildman–Crippen MR) is 58.9 cm³/mol. The molecule has 1 fully saturated rings. The summed E-state index contributed by atoms with van der Waals surface area (Å²) in [4.78, 5) is 11.6. The third-order valence-electron chi connectivity index (χ3n) is 2.84. The molecule has 1 aromatic rings. The highest BCUT2D eigenvalue weighted by Crippen LogP contribution is 2.32. The molecule has 98 valence electrons. The summed E-state index contributed by atoms with van der Waals surface area (Å²) in [6.45, 7) is 0. The summed E-state index contributed by atoms with van der Waals surface area (Å²) in [5.74, 6) is -0.752. The minimum absolute atomic E-state index is 0.106. The molecule has 18 heavy (non-hydrogen) atoms. The topological polar surface area (TPSA) is 52.3 Å². The van der Waals surface area contributed by atoms with Crippen LogP contribution in [-0.4, -0.2) is 12.1 Å². The molecule has 0 radical (unpaired) electrons. The molecule has 0 aromatic heterocycles. The number of hydrogen-bond acceptors (Lipinski definition) is 3. The van der Waals surface area contributed by atoms with Gasteiger partial charge in [-0.1, -0.05) is 0 Å². The fourth-order valence-electron chi connectivity index (χ4n) is 1.64. The normalized spacial score (nSPS) is 16.2. The second-order valence-electron chi connectivity index (χ2n) is 4.30. The summed E-state index contributed by atoms with van der Waals surface area (Å²) < 4.78 is 42.7. The van der Waals surface area contributed by atoms with Gasteiger partial charge in [0.2, 0.25) is 0 Å². The van der Waals surface area contributed by atoms with E-state index in [-0.39, 0.29) is 17.4 Å². The van der Waals surface area contributed by atoms with Crippen molar-refractivity contribution in [1.29, 1.82) is 0 Å². The van der Waals surface area contributed by atoms with Crippen LogP contribution in [0.3, 0.4) is 0 Å². The van der Waals surface area contributed by atoms with E-state index < -0.39 is 17.7 Å². The molecule has 0 saturated heterocycles. The highest BCUT2D eigenvalue weighted by Gasteiger charge is 2.32. The van der Waals surface area contributed by atoms with Crippen molar-refractivity contribution in [3.8, 4) is 0 Å². The number of esters is 1. The molecular formula is C12H12F3NO2. The number of benzene rings is 1. The number of halogens is 3. The van der Waals surface area contributed by atoms with Crippen LogP contribution in [0.1, 0.15) is 35.2 Å². The zero-order valence-corrected chi connectivity index (χ0v) is 9.46. The Morgan fingerprint density at radius 3 is 2.44 bits per heavy atom. The van der Waals surface area contributed by atoms with Crippen molar-refractivity contribution in [3.63, 3.8) is 0 Å². The molecule has 0 heterocycles. The van der Waals surface area contributed by atoms with E-state index in [9.17, 15) is 18.0 Å². The molecule has 1 aliphatic rings. The van der Waals surface area contributed by atoms with Gasteiger partial charge >= 0.3 is 12.1 Å². The van der Waals surface area contributed by atoms with Gasteiger partial charge in [-0.05, 0) is 37.5 Å². The third kappa shape index (κ3) is 2.75. The van der Waals surface area contributed by atoms with E-state index >= 15 is 0 Å². The van der Waals surface area contributed by atoms with Gasteiger partial charge in [0.05, 0.1) is 11.1 Å². The molecule has 0 atom stereocenters. The van der Waals surface area contributed by atoms with Crippen molar-refractivity contribution in [1.82, 2.24) is 0 Å². The summed E-state index contributed by atoms with van der Waals surface area (Å²) in [5.41, 5.74) is 4.16. The number of nitrogens with two attached hydrogens (primary N) is 1. The number of alkyl halides is 3. The standard InChI is InChI=1S/C12H12F3NO2/c13-12(14,15)8-4-7(5-9(16)6-8)11(17)18-10-2-1-3-10/h4-6,10H,1-3,16H2. The van der Waals surface area contributed by atoms with Gasteiger partial charge in [-0.3, -0.25) is 0 Å². The molecule has 2 N–H and O–H groups in total. The number of carbonyl (C=O) groups excluding carboxylic acids is 1. The first-order valence-electron chi connectivity index (χ1n) is 5.55. The highest BCUT2D eigenvalue weighted by atomic mass is 19.4. The van der Waals surface area contributed by atoms with Crippen molar-refractivity contribution < 1.29 is 22.7 Å². The van der Waals surface area contributed by atoms with Gasteiger partial charge in [0.15, 0.2) is 0 Å². The lowest BCUT2D eigenvalue weighted by molar-refractivity contribution is -0.137. The molecule has 1 aliphatic carbocycles. The van der Waals surface area contributed by atoms with E-state index in [2.05, 4.69) is 0 Å². The monoisotopic (exact) mass is 259 g/mol. The van der Waals surface area contributed by atoms with E-state index in [4.69, 9.17) is 10.5 Å². The van der Waals surface area contributed by atoms with Crippen LogP contribution in [0.5, 0.6) is 0 Å². The molecule has 2 rings (SSSR count). The van der Waals surface area contributed by atoms with E-state index in [1.807, 2.05) is 0 Å². The van der Waals surface area contributed by atoms with Crippen molar-refractivity contribution in [3.05, 3.63) is 29.3 Å². The van der Waals surface area contributed by atoms with Gasteiger partial charge in [-0.15, -0.1) is 0 Å². The molecule has 1 saturated carbocycles. The molecule has 0 amide bonds. The van der Waals surface area contributed by atoms with E-state index in [1.54, 1.807) is 0 Å².